The third kappa shape index (κ3) is 14.4. The molecule has 0 aromatic heterocycles. The van der Waals surface area contributed by atoms with E-state index >= 15 is 0 Å². The number of amides is 6. The molecule has 0 saturated carbocycles. The van der Waals surface area contributed by atoms with E-state index in [1.807, 2.05) is 89.8 Å². The Kier molecular flexibility index (Phi) is 22.1. The molecule has 1 aromatic carbocycles. The highest BCUT2D eigenvalue weighted by Gasteiger charge is 2.44. The topological polar surface area (TPSA) is 227 Å². The van der Waals surface area contributed by atoms with E-state index in [-0.39, 0.29) is 60.0 Å². The van der Waals surface area contributed by atoms with Crippen LogP contribution in [0.4, 0.5) is 0 Å². The third-order valence-corrected chi connectivity index (χ3v) is 14.8. The van der Waals surface area contributed by atoms with E-state index in [1.54, 1.807) is 38.0 Å². The lowest BCUT2D eigenvalue weighted by atomic mass is 9.82. The number of hydrogen-bond donors (Lipinski definition) is 4. The number of methoxy groups -OCH3 is 2. The summed E-state index contributed by atoms with van der Waals surface area (Å²) >= 11 is 0. The van der Waals surface area contributed by atoms with E-state index in [0.717, 1.165) is 41.0 Å². The summed E-state index contributed by atoms with van der Waals surface area (Å²) in [5, 5.41) is 2.80. The van der Waals surface area contributed by atoms with Crippen LogP contribution in [-0.4, -0.2) is 170 Å². The van der Waals surface area contributed by atoms with E-state index in [4.69, 9.17) is 26.7 Å². The first kappa shape index (κ1) is 57.1. The van der Waals surface area contributed by atoms with Crippen molar-refractivity contribution in [3.63, 3.8) is 0 Å². The van der Waals surface area contributed by atoms with Crippen molar-refractivity contribution < 1.29 is 38.2 Å². The number of carbonyl (C=O) groups is 6. The minimum Gasteiger partial charge on any atom is -0.379 e. The average molecular weight is 940 g/mol. The second-order valence-electron chi connectivity index (χ2n) is 19.8. The quantitative estimate of drug-likeness (QED) is 0.0984. The maximum absolute atomic E-state index is 14.4. The smallest absolute Gasteiger partial charge is 0.254 e. The molecule has 0 aliphatic carbocycles. The molecule has 2 aliphatic rings. The number of ether oxygens (including phenoxy) is 2. The van der Waals surface area contributed by atoms with Crippen LogP contribution >= 0.6 is 0 Å². The zero-order chi connectivity index (χ0) is 50.6. The molecule has 0 bridgehead atoms. The summed E-state index contributed by atoms with van der Waals surface area (Å²) in [4.78, 5) is 87.5. The van der Waals surface area contributed by atoms with Crippen molar-refractivity contribution in [2.45, 2.75) is 142 Å². The Labute approximate surface area is 400 Å². The molecule has 13 atom stereocenters. The first-order valence-corrected chi connectivity index (χ1v) is 24.1. The number of likely N-dealkylation sites (N-methyl/N-ethyl adjacent to an activating group) is 3. The molecule has 1 fully saturated rings. The average Bonchev–Trinajstić information content (AvgIpc) is 3.91. The molecule has 7 N–H and O–H groups in total. The van der Waals surface area contributed by atoms with Gasteiger partial charge in [0.05, 0.1) is 42.5 Å². The van der Waals surface area contributed by atoms with Crippen LogP contribution in [0.1, 0.15) is 98.2 Å². The lowest BCUT2D eigenvalue weighted by Crippen LogP contribution is -2.58. The first-order chi connectivity index (χ1) is 31.4. The lowest BCUT2D eigenvalue weighted by Gasteiger charge is -2.42. The van der Waals surface area contributed by atoms with Crippen molar-refractivity contribution in [3.05, 3.63) is 47.5 Å². The minimum absolute atomic E-state index is 0.00277. The van der Waals surface area contributed by atoms with E-state index in [9.17, 15) is 28.8 Å². The molecule has 0 radical (unpaired) electrons. The summed E-state index contributed by atoms with van der Waals surface area (Å²) < 4.78 is 12.2. The predicted octanol–water partition coefficient (Wildman–Crippen LogP) is 2.55. The Morgan fingerprint density at radius 1 is 0.881 bits per heavy atom. The molecule has 1 aromatic rings. The standard InChI is InChI=1S/C50H85N9O8/c1-15-30(4)47(57(12)50(65)43(29(2)3)46(53)34(8)55(9)10)38(66-13)27-42(63)58-24-17-20-37(58)48(67-14)32(6)49(64)56(11)25-23-35-18-16-19-36(26-35)45(52)31(5)44(51)33(7)54-39(60)28-59-40(61)21-22-41(59)62/h16,18-19,21-22,26,29-34,37-38,43-48H,15,17,20,23-25,27-28,51-53H2,1-14H3,(H,54,60)/t30-,31+,32+,33-,34+,37-,38+,43-,44?,45?,46?,47-,48+/m0/s1. The van der Waals surface area contributed by atoms with Gasteiger partial charge in [0.15, 0.2) is 0 Å². The second-order valence-corrected chi connectivity index (χ2v) is 19.8. The molecule has 67 heavy (non-hydrogen) atoms. The monoisotopic (exact) mass is 940 g/mol. The summed E-state index contributed by atoms with van der Waals surface area (Å²) in [5.41, 5.74) is 21.9. The molecular formula is C50H85N9O8. The van der Waals surface area contributed by atoms with E-state index in [0.29, 0.717) is 25.9 Å². The van der Waals surface area contributed by atoms with E-state index < -0.39 is 72.5 Å². The van der Waals surface area contributed by atoms with Crippen molar-refractivity contribution in [2.24, 2.45) is 46.8 Å². The van der Waals surface area contributed by atoms with Crippen LogP contribution < -0.4 is 22.5 Å². The Balaban J connectivity index is 1.66. The van der Waals surface area contributed by atoms with Gasteiger partial charge in [-0.15, -0.1) is 0 Å². The van der Waals surface area contributed by atoms with Gasteiger partial charge in [-0.25, -0.2) is 0 Å². The fourth-order valence-corrected chi connectivity index (χ4v) is 9.91. The van der Waals surface area contributed by atoms with Gasteiger partial charge in [0, 0.05) is 83.8 Å². The molecule has 2 aliphatic heterocycles. The number of nitrogens with two attached hydrogens (primary N) is 3. The Morgan fingerprint density at radius 2 is 1.51 bits per heavy atom. The van der Waals surface area contributed by atoms with Crippen LogP contribution in [0.2, 0.25) is 0 Å². The number of likely N-dealkylation sites (tertiary alicyclic amines) is 1. The zero-order valence-corrected chi connectivity index (χ0v) is 42.9. The van der Waals surface area contributed by atoms with E-state index in [1.165, 1.54) is 0 Å². The number of rotatable bonds is 26. The number of carbonyl (C=O) groups excluding carboxylic acids is 6. The summed E-state index contributed by atoms with van der Waals surface area (Å²) in [6.45, 7) is 16.3. The largest absolute Gasteiger partial charge is 0.379 e. The summed E-state index contributed by atoms with van der Waals surface area (Å²) in [6, 6.07) is 5.20. The third-order valence-electron chi connectivity index (χ3n) is 14.8. The molecule has 378 valence electrons. The lowest BCUT2D eigenvalue weighted by molar-refractivity contribution is -0.149. The van der Waals surface area contributed by atoms with Crippen molar-refractivity contribution >= 4 is 35.4 Å². The zero-order valence-electron chi connectivity index (χ0n) is 42.9. The van der Waals surface area contributed by atoms with Crippen molar-refractivity contribution in [1.82, 2.24) is 29.8 Å². The van der Waals surface area contributed by atoms with Gasteiger partial charge in [-0.3, -0.25) is 33.7 Å². The van der Waals surface area contributed by atoms with Crippen LogP contribution in [0.25, 0.3) is 0 Å². The van der Waals surface area contributed by atoms with Crippen LogP contribution in [-0.2, 0) is 44.7 Å². The van der Waals surface area contributed by atoms with Gasteiger partial charge in [-0.2, -0.15) is 0 Å². The van der Waals surface area contributed by atoms with Gasteiger partial charge >= 0.3 is 0 Å². The molecule has 0 spiro atoms. The number of nitrogens with one attached hydrogen (secondary N) is 1. The summed E-state index contributed by atoms with van der Waals surface area (Å²) in [5.74, 6) is -3.05. The van der Waals surface area contributed by atoms with Crippen molar-refractivity contribution in [3.8, 4) is 0 Å². The number of imide groups is 1. The molecule has 2 heterocycles. The molecular weight excluding hydrogens is 855 g/mol. The highest BCUT2D eigenvalue weighted by Crippen LogP contribution is 2.31. The Morgan fingerprint density at radius 3 is 2.06 bits per heavy atom. The molecule has 17 heteroatoms. The maximum Gasteiger partial charge on any atom is 0.254 e. The maximum atomic E-state index is 14.4. The van der Waals surface area contributed by atoms with Gasteiger partial charge in [0.1, 0.15) is 6.54 Å². The Hall–Kier alpha value is -4.26. The van der Waals surface area contributed by atoms with Gasteiger partial charge < -0.3 is 51.6 Å². The Bertz CT molecular complexity index is 1840. The fraction of sp³-hybridized carbons (Fsp3) is 0.720. The fourth-order valence-electron chi connectivity index (χ4n) is 9.91. The summed E-state index contributed by atoms with van der Waals surface area (Å²) in [7, 11) is 10.7. The second kappa shape index (κ2) is 25.9. The summed E-state index contributed by atoms with van der Waals surface area (Å²) in [6.07, 6.45) is 3.99. The van der Waals surface area contributed by atoms with Gasteiger partial charge in [-0.05, 0) is 76.1 Å². The minimum atomic E-state index is -0.575. The highest BCUT2D eigenvalue weighted by atomic mass is 16.5. The van der Waals surface area contributed by atoms with Crippen LogP contribution in [0, 0.1) is 29.6 Å². The molecule has 1 saturated heterocycles. The number of benzene rings is 1. The van der Waals surface area contributed by atoms with Gasteiger partial charge in [0.2, 0.25) is 23.6 Å². The molecule has 3 rings (SSSR count). The highest BCUT2D eigenvalue weighted by molar-refractivity contribution is 6.14. The van der Waals surface area contributed by atoms with Gasteiger partial charge in [-0.1, -0.05) is 72.2 Å². The number of nitrogens with zero attached hydrogens (tertiary/aromatic N) is 5. The van der Waals surface area contributed by atoms with E-state index in [2.05, 4.69) is 19.2 Å². The molecule has 3 unspecified atom stereocenters. The van der Waals surface area contributed by atoms with Crippen LogP contribution in [0.3, 0.4) is 0 Å². The van der Waals surface area contributed by atoms with Gasteiger partial charge in [0.25, 0.3) is 11.8 Å². The van der Waals surface area contributed by atoms with Crippen LogP contribution in [0.5, 0.6) is 0 Å². The predicted molar refractivity (Wildman–Crippen MR) is 261 cm³/mol. The first-order valence-electron chi connectivity index (χ1n) is 24.1. The SMILES string of the molecule is CC[C@H](C)[C@@H]([C@@H](CC(=O)N1CCC[C@H]1[C@H](OC)[C@@H](C)C(=O)N(C)CCc1cccc(C(N)[C@H](C)C(N)[C@H](C)NC(=O)CN2C(=O)C=CC2=O)c1)OC)N(C)C(=O)[C@@H](C(C)C)C(N)[C@@H](C)N(C)C. The van der Waals surface area contributed by atoms with Crippen molar-refractivity contribution in [2.75, 3.05) is 62.0 Å². The molecule has 17 nitrogen and oxygen atoms in total. The van der Waals surface area contributed by atoms with Crippen molar-refractivity contribution in [1.29, 1.82) is 0 Å². The van der Waals surface area contributed by atoms with Crippen LogP contribution in [0.15, 0.2) is 36.4 Å². The molecule has 6 amide bonds. The normalized spacial score (nSPS) is 20.7. The number of hydrogen-bond acceptors (Lipinski definition) is 12.